The Bertz CT molecular complexity index is 391. The molecule has 1 atom stereocenters. The standard InChI is InChI=1S/C13H18N2OS/c1-3-15-8-9-17-12(13(15)16)10-4-6-11(14-2)7-5-10/h4-7,12,14H,3,8-9H2,1-2H3. The predicted molar refractivity (Wildman–Crippen MR) is 73.4 cm³/mol. The van der Waals surface area contributed by atoms with Crippen molar-refractivity contribution >= 4 is 23.4 Å². The maximum Gasteiger partial charge on any atom is 0.240 e. The summed E-state index contributed by atoms with van der Waals surface area (Å²) in [5, 5.41) is 3.07. The van der Waals surface area contributed by atoms with Crippen molar-refractivity contribution in [3.8, 4) is 0 Å². The molecule has 0 aromatic heterocycles. The summed E-state index contributed by atoms with van der Waals surface area (Å²) in [6.07, 6.45) is 0. The smallest absolute Gasteiger partial charge is 0.240 e. The zero-order valence-electron chi connectivity index (χ0n) is 10.3. The van der Waals surface area contributed by atoms with Gasteiger partial charge in [0.05, 0.1) is 0 Å². The summed E-state index contributed by atoms with van der Waals surface area (Å²) < 4.78 is 0. The molecule has 3 nitrogen and oxygen atoms in total. The molecule has 1 aliphatic rings. The van der Waals surface area contributed by atoms with Crippen LogP contribution in [0.2, 0.25) is 0 Å². The van der Waals surface area contributed by atoms with Gasteiger partial charge in [0.2, 0.25) is 5.91 Å². The van der Waals surface area contributed by atoms with Gasteiger partial charge in [-0.05, 0) is 24.6 Å². The normalized spacial score (nSPS) is 20.5. The van der Waals surface area contributed by atoms with E-state index in [1.807, 2.05) is 43.1 Å². The number of carbonyl (C=O) groups is 1. The Morgan fingerprint density at radius 3 is 2.71 bits per heavy atom. The molecule has 1 amide bonds. The molecule has 1 N–H and O–H groups in total. The van der Waals surface area contributed by atoms with Gasteiger partial charge in [0, 0.05) is 31.6 Å². The number of hydrogen-bond acceptors (Lipinski definition) is 3. The zero-order chi connectivity index (χ0) is 12.3. The molecule has 92 valence electrons. The molecule has 0 radical (unpaired) electrons. The van der Waals surface area contributed by atoms with E-state index in [9.17, 15) is 4.79 Å². The molecule has 1 aliphatic heterocycles. The first-order chi connectivity index (χ1) is 8.26. The van der Waals surface area contributed by atoms with Crippen molar-refractivity contribution in [1.29, 1.82) is 0 Å². The molecule has 0 bridgehead atoms. The van der Waals surface area contributed by atoms with E-state index < -0.39 is 0 Å². The highest BCUT2D eigenvalue weighted by Gasteiger charge is 2.29. The second-order valence-corrected chi connectivity index (χ2v) is 5.25. The summed E-state index contributed by atoms with van der Waals surface area (Å²) in [7, 11) is 1.90. The number of nitrogens with one attached hydrogen (secondary N) is 1. The molecule has 0 aliphatic carbocycles. The van der Waals surface area contributed by atoms with Crippen LogP contribution in [0.5, 0.6) is 0 Å². The third-order valence-electron chi connectivity index (χ3n) is 3.07. The quantitative estimate of drug-likeness (QED) is 0.894. The highest BCUT2D eigenvalue weighted by Crippen LogP contribution is 2.34. The van der Waals surface area contributed by atoms with Crippen LogP contribution in [0.15, 0.2) is 24.3 Å². The first-order valence-electron chi connectivity index (χ1n) is 5.94. The third-order valence-corrected chi connectivity index (χ3v) is 4.29. The van der Waals surface area contributed by atoms with Gasteiger partial charge in [-0.15, -0.1) is 11.8 Å². The predicted octanol–water partition coefficient (Wildman–Crippen LogP) is 2.36. The highest BCUT2D eigenvalue weighted by atomic mass is 32.2. The first kappa shape index (κ1) is 12.3. The van der Waals surface area contributed by atoms with Crippen LogP contribution in [-0.4, -0.2) is 36.7 Å². The molecule has 1 saturated heterocycles. The molecule has 1 heterocycles. The number of thioether (sulfide) groups is 1. The second kappa shape index (κ2) is 5.45. The number of amides is 1. The van der Waals surface area contributed by atoms with E-state index in [-0.39, 0.29) is 11.2 Å². The van der Waals surface area contributed by atoms with Crippen molar-refractivity contribution in [2.75, 3.05) is 31.2 Å². The Hall–Kier alpha value is -1.16. The maximum atomic E-state index is 12.2. The number of rotatable bonds is 3. The Labute approximate surface area is 107 Å². The van der Waals surface area contributed by atoms with E-state index >= 15 is 0 Å². The molecule has 0 spiro atoms. The summed E-state index contributed by atoms with van der Waals surface area (Å²) in [4.78, 5) is 14.1. The van der Waals surface area contributed by atoms with Crippen molar-refractivity contribution in [3.05, 3.63) is 29.8 Å². The minimum absolute atomic E-state index is 0.0189. The van der Waals surface area contributed by atoms with Gasteiger partial charge in [0.25, 0.3) is 0 Å². The summed E-state index contributed by atoms with van der Waals surface area (Å²) in [6.45, 7) is 3.73. The monoisotopic (exact) mass is 250 g/mol. The second-order valence-electron chi connectivity index (χ2n) is 4.04. The highest BCUT2D eigenvalue weighted by molar-refractivity contribution is 8.00. The zero-order valence-corrected chi connectivity index (χ0v) is 11.1. The van der Waals surface area contributed by atoms with Gasteiger partial charge in [-0.3, -0.25) is 4.79 Å². The van der Waals surface area contributed by atoms with E-state index in [0.29, 0.717) is 0 Å². The number of anilines is 1. The lowest BCUT2D eigenvalue weighted by Gasteiger charge is -2.31. The molecule has 0 saturated carbocycles. The largest absolute Gasteiger partial charge is 0.388 e. The fraction of sp³-hybridized carbons (Fsp3) is 0.462. The van der Waals surface area contributed by atoms with Crippen LogP contribution in [0, 0.1) is 0 Å². The van der Waals surface area contributed by atoms with Gasteiger partial charge in [-0.25, -0.2) is 0 Å². The molecule has 1 fully saturated rings. The van der Waals surface area contributed by atoms with Crippen molar-refractivity contribution in [3.63, 3.8) is 0 Å². The summed E-state index contributed by atoms with van der Waals surface area (Å²) in [5.41, 5.74) is 2.19. The van der Waals surface area contributed by atoms with Crippen molar-refractivity contribution in [1.82, 2.24) is 4.90 Å². The molecule has 1 unspecified atom stereocenters. The van der Waals surface area contributed by atoms with E-state index in [0.717, 1.165) is 30.1 Å². The SMILES string of the molecule is CCN1CCSC(c2ccc(NC)cc2)C1=O. The number of likely N-dealkylation sites (N-methyl/N-ethyl adjacent to an activating group) is 1. The Morgan fingerprint density at radius 1 is 1.41 bits per heavy atom. The minimum atomic E-state index is -0.0189. The van der Waals surface area contributed by atoms with Crippen LogP contribution in [0.3, 0.4) is 0 Å². The van der Waals surface area contributed by atoms with Crippen molar-refractivity contribution in [2.45, 2.75) is 12.2 Å². The lowest BCUT2D eigenvalue weighted by atomic mass is 10.1. The lowest BCUT2D eigenvalue weighted by molar-refractivity contribution is -0.130. The summed E-state index contributed by atoms with van der Waals surface area (Å²) in [6, 6.07) is 8.13. The fourth-order valence-electron chi connectivity index (χ4n) is 2.01. The summed E-state index contributed by atoms with van der Waals surface area (Å²) >= 11 is 1.75. The van der Waals surface area contributed by atoms with Crippen LogP contribution in [0.1, 0.15) is 17.7 Å². The van der Waals surface area contributed by atoms with Gasteiger partial charge < -0.3 is 10.2 Å². The molecule has 4 heteroatoms. The van der Waals surface area contributed by atoms with E-state index in [4.69, 9.17) is 0 Å². The fourth-order valence-corrected chi connectivity index (χ4v) is 3.21. The van der Waals surface area contributed by atoms with Crippen LogP contribution >= 0.6 is 11.8 Å². The minimum Gasteiger partial charge on any atom is -0.388 e. The van der Waals surface area contributed by atoms with Crippen LogP contribution in [0.4, 0.5) is 5.69 Å². The van der Waals surface area contributed by atoms with Crippen LogP contribution in [-0.2, 0) is 4.79 Å². The molecule has 17 heavy (non-hydrogen) atoms. The van der Waals surface area contributed by atoms with Crippen LogP contribution in [0.25, 0.3) is 0 Å². The van der Waals surface area contributed by atoms with Gasteiger partial charge in [0.15, 0.2) is 0 Å². The molecule has 1 aromatic carbocycles. The first-order valence-corrected chi connectivity index (χ1v) is 6.99. The van der Waals surface area contributed by atoms with E-state index in [1.165, 1.54) is 0 Å². The molecular weight excluding hydrogens is 232 g/mol. The Kier molecular flexibility index (Phi) is 3.94. The van der Waals surface area contributed by atoms with Gasteiger partial charge in [-0.2, -0.15) is 0 Å². The molecule has 2 rings (SSSR count). The van der Waals surface area contributed by atoms with E-state index in [2.05, 4.69) is 5.32 Å². The average Bonchev–Trinajstić information content (AvgIpc) is 2.39. The van der Waals surface area contributed by atoms with Crippen LogP contribution < -0.4 is 5.32 Å². The van der Waals surface area contributed by atoms with Gasteiger partial charge >= 0.3 is 0 Å². The number of benzene rings is 1. The number of hydrogen-bond donors (Lipinski definition) is 1. The Morgan fingerprint density at radius 2 is 2.12 bits per heavy atom. The average molecular weight is 250 g/mol. The topological polar surface area (TPSA) is 32.3 Å². The molecular formula is C13H18N2OS. The number of nitrogens with zero attached hydrogens (tertiary/aromatic N) is 1. The van der Waals surface area contributed by atoms with Gasteiger partial charge in [0.1, 0.15) is 5.25 Å². The van der Waals surface area contributed by atoms with Crippen molar-refractivity contribution in [2.24, 2.45) is 0 Å². The molecule has 1 aromatic rings. The van der Waals surface area contributed by atoms with E-state index in [1.54, 1.807) is 11.8 Å². The number of carbonyl (C=O) groups excluding carboxylic acids is 1. The summed E-state index contributed by atoms with van der Waals surface area (Å²) in [5.74, 6) is 1.28. The lowest BCUT2D eigenvalue weighted by Crippen LogP contribution is -2.39. The van der Waals surface area contributed by atoms with Gasteiger partial charge in [-0.1, -0.05) is 12.1 Å². The Balaban J connectivity index is 2.17. The third kappa shape index (κ3) is 2.57. The maximum absolute atomic E-state index is 12.2. The van der Waals surface area contributed by atoms with Crippen molar-refractivity contribution < 1.29 is 4.79 Å².